The van der Waals surface area contributed by atoms with Crippen LogP contribution >= 0.6 is 22.6 Å². The minimum absolute atomic E-state index is 0.0568. The van der Waals surface area contributed by atoms with E-state index in [0.717, 1.165) is 0 Å². The summed E-state index contributed by atoms with van der Waals surface area (Å²) in [6.45, 7) is 6.96. The molecule has 0 unspecified atom stereocenters. The number of halogens is 2. The summed E-state index contributed by atoms with van der Waals surface area (Å²) in [5, 5.41) is 8.92. The number of alkyl halides is 1. The molecule has 0 aliphatic heterocycles. The minimum Gasteiger partial charge on any atom is -0.357 e. The van der Waals surface area contributed by atoms with Gasteiger partial charge in [0.2, 0.25) is 0 Å². The quantitative estimate of drug-likeness (QED) is 0.611. The molecular weight excluding hydrogens is 344 g/mol. The summed E-state index contributed by atoms with van der Waals surface area (Å²) in [7, 11) is 1.82. The van der Waals surface area contributed by atoms with Gasteiger partial charge in [-0.05, 0) is 11.5 Å². The highest BCUT2D eigenvalue weighted by Gasteiger charge is 2.19. The minimum atomic E-state index is -0.438. The van der Waals surface area contributed by atoms with E-state index >= 15 is 0 Å². The first-order valence-electron chi connectivity index (χ1n) is 5.65. The number of hydrogen-bond donors (Lipinski definition) is 0. The number of hydrogen-bond acceptors (Lipinski definition) is 3. The van der Waals surface area contributed by atoms with Crippen LogP contribution in [0.5, 0.6) is 0 Å². The third-order valence-corrected chi connectivity index (χ3v) is 3.08. The maximum Gasteiger partial charge on any atom is 0.166 e. The highest BCUT2D eigenvalue weighted by Crippen LogP contribution is 2.24. The first-order chi connectivity index (χ1) is 8.28. The van der Waals surface area contributed by atoms with Crippen LogP contribution in [0.1, 0.15) is 32.0 Å². The molecule has 0 bridgehead atoms. The standard InChI is InChI=1S/C13H17FIN3/c1-13(2,3)8-18(4)12-10(14)5-9(7-16)11(6-15)17-12/h5H,6,8H2,1-4H3. The Kier molecular flexibility index (Phi) is 4.91. The Morgan fingerprint density at radius 3 is 2.56 bits per heavy atom. The number of anilines is 1. The molecule has 0 aliphatic carbocycles. The fourth-order valence-electron chi connectivity index (χ4n) is 1.77. The largest absolute Gasteiger partial charge is 0.357 e. The van der Waals surface area contributed by atoms with Gasteiger partial charge >= 0.3 is 0 Å². The molecule has 0 aliphatic rings. The Morgan fingerprint density at radius 2 is 2.11 bits per heavy atom. The number of nitriles is 1. The number of nitrogens with zero attached hydrogens (tertiary/aromatic N) is 3. The highest BCUT2D eigenvalue weighted by molar-refractivity contribution is 14.1. The molecule has 0 atom stereocenters. The second-order valence-corrected chi connectivity index (χ2v) is 6.21. The summed E-state index contributed by atoms with van der Waals surface area (Å²) >= 11 is 2.13. The summed E-state index contributed by atoms with van der Waals surface area (Å²) < 4.78 is 14.5. The van der Waals surface area contributed by atoms with Gasteiger partial charge in [0.15, 0.2) is 11.6 Å². The molecule has 18 heavy (non-hydrogen) atoms. The average Bonchev–Trinajstić information content (AvgIpc) is 2.26. The molecule has 5 heteroatoms. The molecule has 0 fully saturated rings. The lowest BCUT2D eigenvalue weighted by Crippen LogP contribution is -2.30. The van der Waals surface area contributed by atoms with Gasteiger partial charge in [-0.1, -0.05) is 43.4 Å². The van der Waals surface area contributed by atoms with E-state index in [4.69, 9.17) is 5.26 Å². The van der Waals surface area contributed by atoms with Gasteiger partial charge in [0, 0.05) is 18.0 Å². The van der Waals surface area contributed by atoms with Gasteiger partial charge in [0.05, 0.1) is 11.3 Å². The molecule has 0 saturated carbocycles. The Hall–Kier alpha value is -0.900. The topological polar surface area (TPSA) is 39.9 Å². The molecule has 1 rings (SSSR count). The van der Waals surface area contributed by atoms with Crippen molar-refractivity contribution < 1.29 is 4.39 Å². The van der Waals surface area contributed by atoms with Crippen LogP contribution in [0.2, 0.25) is 0 Å². The fourth-order valence-corrected chi connectivity index (χ4v) is 2.35. The smallest absolute Gasteiger partial charge is 0.166 e. The molecular formula is C13H17FIN3. The van der Waals surface area contributed by atoms with Gasteiger partial charge in [-0.25, -0.2) is 9.37 Å². The van der Waals surface area contributed by atoms with Crippen LogP contribution in [0.4, 0.5) is 10.2 Å². The molecule has 0 amide bonds. The molecule has 3 nitrogen and oxygen atoms in total. The van der Waals surface area contributed by atoms with Crippen molar-refractivity contribution >= 4 is 28.4 Å². The average molecular weight is 361 g/mol. The third-order valence-electron chi connectivity index (χ3n) is 2.36. The van der Waals surface area contributed by atoms with Crippen molar-refractivity contribution in [3.63, 3.8) is 0 Å². The molecule has 0 radical (unpaired) electrons. The van der Waals surface area contributed by atoms with Crippen LogP contribution in [-0.2, 0) is 4.43 Å². The SMILES string of the molecule is CN(CC(C)(C)C)c1nc(CI)c(C#N)cc1F. The second-order valence-electron chi connectivity index (χ2n) is 5.45. The Labute approximate surface area is 121 Å². The van der Waals surface area contributed by atoms with Gasteiger partial charge in [-0.3, -0.25) is 0 Å². The summed E-state index contributed by atoms with van der Waals surface area (Å²) in [6, 6.07) is 3.25. The summed E-state index contributed by atoms with van der Waals surface area (Å²) in [5.41, 5.74) is 1.01. The summed E-state index contributed by atoms with van der Waals surface area (Å²) in [4.78, 5) is 6.06. The van der Waals surface area contributed by atoms with Gasteiger partial charge in [-0.2, -0.15) is 5.26 Å². The van der Waals surface area contributed by atoms with Crippen molar-refractivity contribution in [2.75, 3.05) is 18.5 Å². The van der Waals surface area contributed by atoms with Crippen LogP contribution in [-0.4, -0.2) is 18.6 Å². The Bertz CT molecular complexity index is 474. The van der Waals surface area contributed by atoms with E-state index in [9.17, 15) is 4.39 Å². The van der Waals surface area contributed by atoms with E-state index < -0.39 is 5.82 Å². The lowest BCUT2D eigenvalue weighted by Gasteiger charge is -2.28. The zero-order chi connectivity index (χ0) is 13.9. The van der Waals surface area contributed by atoms with Gasteiger partial charge < -0.3 is 4.90 Å². The first-order valence-corrected chi connectivity index (χ1v) is 7.17. The molecule has 0 spiro atoms. The van der Waals surface area contributed by atoms with E-state index in [2.05, 4.69) is 48.3 Å². The van der Waals surface area contributed by atoms with Crippen LogP contribution in [0.3, 0.4) is 0 Å². The van der Waals surface area contributed by atoms with Crippen molar-refractivity contribution in [2.45, 2.75) is 25.2 Å². The van der Waals surface area contributed by atoms with E-state index in [1.165, 1.54) is 6.07 Å². The molecule has 1 heterocycles. The van der Waals surface area contributed by atoms with E-state index in [0.29, 0.717) is 28.0 Å². The lowest BCUT2D eigenvalue weighted by atomic mass is 9.96. The zero-order valence-electron chi connectivity index (χ0n) is 11.1. The van der Waals surface area contributed by atoms with Crippen molar-refractivity contribution in [1.29, 1.82) is 5.26 Å². The van der Waals surface area contributed by atoms with Gasteiger partial charge in [0.1, 0.15) is 6.07 Å². The van der Waals surface area contributed by atoms with Crippen LogP contribution in [0, 0.1) is 22.6 Å². The molecule has 1 aromatic heterocycles. The maximum atomic E-state index is 13.9. The third kappa shape index (κ3) is 3.80. The Morgan fingerprint density at radius 1 is 1.50 bits per heavy atom. The van der Waals surface area contributed by atoms with Crippen LogP contribution < -0.4 is 4.90 Å². The highest BCUT2D eigenvalue weighted by atomic mass is 127. The predicted molar refractivity (Wildman–Crippen MR) is 79.4 cm³/mol. The van der Waals surface area contributed by atoms with Crippen LogP contribution in [0.15, 0.2) is 6.07 Å². The van der Waals surface area contributed by atoms with E-state index in [1.807, 2.05) is 13.1 Å². The van der Waals surface area contributed by atoms with Crippen LogP contribution in [0.25, 0.3) is 0 Å². The monoisotopic (exact) mass is 361 g/mol. The molecule has 98 valence electrons. The van der Waals surface area contributed by atoms with Crippen molar-refractivity contribution in [3.8, 4) is 6.07 Å². The number of aromatic nitrogens is 1. The molecule has 0 N–H and O–H groups in total. The first kappa shape index (κ1) is 15.2. The van der Waals surface area contributed by atoms with Gasteiger partial charge in [-0.15, -0.1) is 0 Å². The van der Waals surface area contributed by atoms with Crippen molar-refractivity contribution in [2.24, 2.45) is 5.41 Å². The number of pyridine rings is 1. The predicted octanol–water partition coefficient (Wildman–Crippen LogP) is 3.51. The maximum absolute atomic E-state index is 13.9. The van der Waals surface area contributed by atoms with Crippen molar-refractivity contribution in [3.05, 3.63) is 23.1 Å². The summed E-state index contributed by atoms with van der Waals surface area (Å²) in [5.74, 6) is -0.123. The molecule has 1 aromatic rings. The second kappa shape index (κ2) is 5.83. The fraction of sp³-hybridized carbons (Fsp3) is 0.538. The number of rotatable bonds is 3. The normalized spacial score (nSPS) is 11.2. The van der Waals surface area contributed by atoms with Crippen molar-refractivity contribution in [1.82, 2.24) is 4.98 Å². The molecule has 0 saturated heterocycles. The van der Waals surface area contributed by atoms with Gasteiger partial charge in [0.25, 0.3) is 0 Å². The lowest BCUT2D eigenvalue weighted by molar-refractivity contribution is 0.415. The zero-order valence-corrected chi connectivity index (χ0v) is 13.2. The van der Waals surface area contributed by atoms with E-state index in [1.54, 1.807) is 4.90 Å². The Balaban J connectivity index is 3.14. The van der Waals surface area contributed by atoms with E-state index in [-0.39, 0.29) is 5.41 Å². The summed E-state index contributed by atoms with van der Waals surface area (Å²) in [6.07, 6.45) is 0. The molecule has 0 aromatic carbocycles.